The number of halogens is 3. The second kappa shape index (κ2) is 6.18. The molecule has 0 spiro atoms. The highest BCUT2D eigenvalue weighted by Crippen LogP contribution is 2.36. The lowest BCUT2D eigenvalue weighted by atomic mass is 10.0. The molecule has 0 saturated heterocycles. The lowest BCUT2D eigenvalue weighted by molar-refractivity contribution is -0.137. The van der Waals surface area contributed by atoms with E-state index in [1.165, 1.54) is 11.1 Å². The molecule has 1 fully saturated rings. The minimum atomic E-state index is -4.48. The summed E-state index contributed by atoms with van der Waals surface area (Å²) in [5.41, 5.74) is 2.40. The van der Waals surface area contributed by atoms with Crippen LogP contribution >= 0.6 is 0 Å². The summed E-state index contributed by atoms with van der Waals surface area (Å²) in [6.07, 6.45) is -0.946. The average Bonchev–Trinajstić information content (AvgIpc) is 3.38. The number of rotatable bonds is 4. The Hall–Kier alpha value is -2.35. The van der Waals surface area contributed by atoms with Crippen LogP contribution in [0.25, 0.3) is 0 Å². The van der Waals surface area contributed by atoms with Gasteiger partial charge in [-0.2, -0.15) is 18.2 Å². The molecule has 8 heteroatoms. The van der Waals surface area contributed by atoms with Gasteiger partial charge < -0.3 is 16.0 Å². The first-order valence-electron chi connectivity index (χ1n) is 8.29. The molecule has 3 N–H and O–H groups in total. The van der Waals surface area contributed by atoms with E-state index >= 15 is 0 Å². The normalized spacial score (nSPS) is 17.1. The summed E-state index contributed by atoms with van der Waals surface area (Å²) in [5.74, 6) is -0.00741. The molecule has 0 atom stereocenters. The Labute approximate surface area is 143 Å². The fourth-order valence-corrected chi connectivity index (χ4v) is 2.87. The van der Waals surface area contributed by atoms with Crippen molar-refractivity contribution in [1.29, 1.82) is 0 Å². The van der Waals surface area contributed by atoms with Gasteiger partial charge >= 0.3 is 6.18 Å². The number of nitrogens with zero attached hydrogens (tertiary/aromatic N) is 2. The van der Waals surface area contributed by atoms with Crippen LogP contribution in [0.3, 0.4) is 0 Å². The summed E-state index contributed by atoms with van der Waals surface area (Å²) in [4.78, 5) is 7.90. The molecule has 5 nitrogen and oxygen atoms in total. The Morgan fingerprint density at radius 1 is 1.16 bits per heavy atom. The molecular weight excluding hydrogens is 331 g/mol. The van der Waals surface area contributed by atoms with Crippen molar-refractivity contribution in [2.24, 2.45) is 0 Å². The summed E-state index contributed by atoms with van der Waals surface area (Å²) in [5, 5.41) is 9.16. The van der Waals surface area contributed by atoms with Crippen LogP contribution in [0.5, 0.6) is 0 Å². The number of benzene rings is 1. The first kappa shape index (κ1) is 16.1. The van der Waals surface area contributed by atoms with Crippen LogP contribution in [-0.4, -0.2) is 22.6 Å². The molecule has 1 saturated carbocycles. The van der Waals surface area contributed by atoms with Crippen LogP contribution in [0.15, 0.2) is 24.4 Å². The summed E-state index contributed by atoms with van der Waals surface area (Å²) in [7, 11) is 0. The molecule has 4 rings (SSSR count). The van der Waals surface area contributed by atoms with Gasteiger partial charge in [0.15, 0.2) is 0 Å². The highest BCUT2D eigenvalue weighted by molar-refractivity contribution is 5.59. The molecule has 2 heterocycles. The average molecular weight is 349 g/mol. The molecule has 2 aliphatic rings. The zero-order valence-electron chi connectivity index (χ0n) is 13.5. The fourth-order valence-electron chi connectivity index (χ4n) is 2.87. The van der Waals surface area contributed by atoms with Crippen molar-refractivity contribution in [3.05, 3.63) is 41.1 Å². The first-order valence-corrected chi connectivity index (χ1v) is 8.29. The molecule has 1 aromatic heterocycles. The van der Waals surface area contributed by atoms with E-state index in [9.17, 15) is 13.2 Å². The van der Waals surface area contributed by atoms with E-state index in [2.05, 4.69) is 25.9 Å². The van der Waals surface area contributed by atoms with E-state index < -0.39 is 11.7 Å². The number of hydrogen-bond donors (Lipinski definition) is 3. The molecule has 2 aromatic rings. The maximum Gasteiger partial charge on any atom is 0.421 e. The van der Waals surface area contributed by atoms with Gasteiger partial charge in [-0.3, -0.25) is 0 Å². The molecule has 0 radical (unpaired) electrons. The molecule has 25 heavy (non-hydrogen) atoms. The fraction of sp³-hybridized carbons (Fsp3) is 0.412. The smallest absolute Gasteiger partial charge is 0.367 e. The van der Waals surface area contributed by atoms with Crippen molar-refractivity contribution in [3.8, 4) is 0 Å². The number of fused-ring (bicyclic) bond motifs is 1. The van der Waals surface area contributed by atoms with Crippen LogP contribution in [-0.2, 0) is 19.1 Å². The number of anilines is 3. The summed E-state index contributed by atoms with van der Waals surface area (Å²) in [6, 6.07) is 5.99. The number of alkyl halides is 3. The molecule has 0 amide bonds. The zero-order chi connectivity index (χ0) is 17.4. The van der Waals surface area contributed by atoms with Crippen LogP contribution in [0, 0.1) is 0 Å². The molecular formula is C17H18F3N5. The Balaban J connectivity index is 1.59. The molecule has 1 aromatic carbocycles. The third-order valence-electron chi connectivity index (χ3n) is 4.36. The van der Waals surface area contributed by atoms with Crippen LogP contribution in [0.2, 0.25) is 0 Å². The largest absolute Gasteiger partial charge is 0.421 e. The Bertz CT molecular complexity index is 786. The van der Waals surface area contributed by atoms with Gasteiger partial charge in [0.25, 0.3) is 0 Å². The second-order valence-corrected chi connectivity index (χ2v) is 6.41. The Morgan fingerprint density at radius 3 is 2.76 bits per heavy atom. The van der Waals surface area contributed by atoms with E-state index in [0.29, 0.717) is 0 Å². The SMILES string of the molecule is FC(F)(F)c1cnc(Nc2ccc3c(c2)CNCC3)nc1NC1CC1. The van der Waals surface area contributed by atoms with Gasteiger partial charge in [0.1, 0.15) is 11.4 Å². The molecule has 0 unspecified atom stereocenters. The van der Waals surface area contributed by atoms with E-state index in [1.807, 2.05) is 18.2 Å². The minimum absolute atomic E-state index is 0.0682. The van der Waals surface area contributed by atoms with Gasteiger partial charge in [-0.1, -0.05) is 6.07 Å². The number of hydrogen-bond acceptors (Lipinski definition) is 5. The molecule has 1 aliphatic carbocycles. The quantitative estimate of drug-likeness (QED) is 0.789. The molecule has 132 valence electrons. The zero-order valence-corrected chi connectivity index (χ0v) is 13.5. The number of nitrogens with one attached hydrogen (secondary N) is 3. The standard InChI is InChI=1S/C17H18F3N5/c18-17(19,20)14-9-22-16(25-15(14)23-12-3-4-12)24-13-2-1-10-5-6-21-8-11(10)7-13/h1-2,7,9,12,21H,3-6,8H2,(H2,22,23,24,25). The van der Waals surface area contributed by atoms with Gasteiger partial charge in [-0.25, -0.2) is 4.98 Å². The van der Waals surface area contributed by atoms with Gasteiger partial charge in [0.05, 0.1) is 0 Å². The Kier molecular flexibility index (Phi) is 3.99. The molecule has 0 bridgehead atoms. The molecule has 1 aliphatic heterocycles. The monoisotopic (exact) mass is 349 g/mol. The van der Waals surface area contributed by atoms with Gasteiger partial charge in [-0.15, -0.1) is 0 Å². The summed E-state index contributed by atoms with van der Waals surface area (Å²) >= 11 is 0. The van der Waals surface area contributed by atoms with Crippen LogP contribution in [0.1, 0.15) is 29.5 Å². The van der Waals surface area contributed by atoms with E-state index in [4.69, 9.17) is 0 Å². The van der Waals surface area contributed by atoms with Crippen molar-refractivity contribution in [2.75, 3.05) is 17.2 Å². The van der Waals surface area contributed by atoms with Gasteiger partial charge in [-0.05, 0) is 49.1 Å². The van der Waals surface area contributed by atoms with E-state index in [1.54, 1.807) is 0 Å². The topological polar surface area (TPSA) is 61.9 Å². The second-order valence-electron chi connectivity index (χ2n) is 6.41. The first-order chi connectivity index (χ1) is 12.0. The van der Waals surface area contributed by atoms with Gasteiger partial charge in [0.2, 0.25) is 5.95 Å². The maximum absolute atomic E-state index is 13.1. The van der Waals surface area contributed by atoms with Crippen molar-refractivity contribution >= 4 is 17.5 Å². The lowest BCUT2D eigenvalue weighted by Crippen LogP contribution is -2.23. The predicted octanol–water partition coefficient (Wildman–Crippen LogP) is 3.46. The van der Waals surface area contributed by atoms with Crippen molar-refractivity contribution < 1.29 is 13.2 Å². The van der Waals surface area contributed by atoms with Crippen molar-refractivity contribution in [3.63, 3.8) is 0 Å². The van der Waals surface area contributed by atoms with Crippen LogP contribution < -0.4 is 16.0 Å². The lowest BCUT2D eigenvalue weighted by Gasteiger charge is -2.18. The van der Waals surface area contributed by atoms with Crippen LogP contribution in [0.4, 0.5) is 30.6 Å². The summed E-state index contributed by atoms with van der Waals surface area (Å²) < 4.78 is 39.4. The third-order valence-corrected chi connectivity index (χ3v) is 4.36. The summed E-state index contributed by atoms with van der Waals surface area (Å²) in [6.45, 7) is 1.74. The highest BCUT2D eigenvalue weighted by Gasteiger charge is 2.36. The maximum atomic E-state index is 13.1. The number of aromatic nitrogens is 2. The third kappa shape index (κ3) is 3.68. The van der Waals surface area contributed by atoms with E-state index in [-0.39, 0.29) is 17.8 Å². The van der Waals surface area contributed by atoms with Crippen molar-refractivity contribution in [1.82, 2.24) is 15.3 Å². The highest BCUT2D eigenvalue weighted by atomic mass is 19.4. The Morgan fingerprint density at radius 2 is 2.00 bits per heavy atom. The van der Waals surface area contributed by atoms with Gasteiger partial charge in [0, 0.05) is 24.5 Å². The van der Waals surface area contributed by atoms with Crippen molar-refractivity contribution in [2.45, 2.75) is 38.0 Å². The predicted molar refractivity (Wildman–Crippen MR) is 88.8 cm³/mol. The minimum Gasteiger partial charge on any atom is -0.367 e. The van der Waals surface area contributed by atoms with E-state index in [0.717, 1.165) is 44.2 Å².